The van der Waals surface area contributed by atoms with Gasteiger partial charge in [0, 0.05) is 6.54 Å². The molecule has 0 fully saturated rings. The number of benzene rings is 1. The van der Waals surface area contributed by atoms with Crippen molar-refractivity contribution in [1.82, 2.24) is 5.43 Å². The molecule has 0 saturated carbocycles. The molecule has 3 N–H and O–H groups in total. The molecule has 0 saturated heterocycles. The third-order valence-electron chi connectivity index (χ3n) is 1.43. The zero-order valence-corrected chi connectivity index (χ0v) is 7.32. The molecule has 0 aliphatic heterocycles. The van der Waals surface area contributed by atoms with Crippen LogP contribution in [-0.2, 0) is 6.54 Å². The molecule has 1 aromatic rings. The van der Waals surface area contributed by atoms with E-state index in [0.29, 0.717) is 0 Å². The molecule has 0 spiro atoms. The Morgan fingerprint density at radius 2 is 1.82 bits per heavy atom. The summed E-state index contributed by atoms with van der Waals surface area (Å²) in [5, 5.41) is 0. The van der Waals surface area contributed by atoms with Crippen LogP contribution in [0.15, 0.2) is 24.3 Å². The highest BCUT2D eigenvalue weighted by Crippen LogP contribution is 2.01. The van der Waals surface area contributed by atoms with E-state index < -0.39 is 0 Å². The van der Waals surface area contributed by atoms with Gasteiger partial charge in [-0.1, -0.05) is 29.8 Å². The van der Waals surface area contributed by atoms with E-state index in [-0.39, 0.29) is 12.4 Å². The molecule has 62 valence electrons. The van der Waals surface area contributed by atoms with E-state index in [9.17, 15) is 0 Å². The Kier molecular flexibility index (Phi) is 4.86. The first-order chi connectivity index (χ1) is 4.83. The molecule has 0 radical (unpaired) electrons. The summed E-state index contributed by atoms with van der Waals surface area (Å²) in [5.74, 6) is 5.15. The molecular formula is C8H13ClN2. The molecule has 0 amide bonds. The minimum atomic E-state index is 0. The quantitative estimate of drug-likeness (QED) is 0.523. The van der Waals surface area contributed by atoms with Gasteiger partial charge in [0.15, 0.2) is 0 Å². The summed E-state index contributed by atoms with van der Waals surface area (Å²) >= 11 is 0. The lowest BCUT2D eigenvalue weighted by atomic mass is 10.2. The standard InChI is InChI=1S/C8H12N2.ClH/c1-7-2-4-8(5-3-7)6-10-9;/h2-5,10H,6,9H2,1H3;1H. The molecule has 0 bridgehead atoms. The van der Waals surface area contributed by atoms with E-state index in [1.165, 1.54) is 11.1 Å². The Hall–Kier alpha value is -0.570. The second kappa shape index (κ2) is 5.13. The number of hydrogen-bond acceptors (Lipinski definition) is 2. The lowest BCUT2D eigenvalue weighted by molar-refractivity contribution is 0.741. The summed E-state index contributed by atoms with van der Waals surface area (Å²) in [6.07, 6.45) is 0. The topological polar surface area (TPSA) is 38.0 Å². The second-order valence-electron chi connectivity index (χ2n) is 2.37. The number of rotatable bonds is 2. The van der Waals surface area contributed by atoms with Gasteiger partial charge < -0.3 is 0 Å². The number of nitrogens with one attached hydrogen (secondary N) is 1. The van der Waals surface area contributed by atoms with Gasteiger partial charge in [0.05, 0.1) is 0 Å². The molecule has 0 aliphatic rings. The van der Waals surface area contributed by atoms with Crippen LogP contribution in [0.2, 0.25) is 0 Å². The van der Waals surface area contributed by atoms with Crippen molar-refractivity contribution >= 4 is 12.4 Å². The maximum atomic E-state index is 5.15. The zero-order chi connectivity index (χ0) is 7.40. The number of hydrazine groups is 1. The summed E-state index contributed by atoms with van der Waals surface area (Å²) in [6.45, 7) is 2.81. The highest BCUT2D eigenvalue weighted by Gasteiger charge is 1.87. The van der Waals surface area contributed by atoms with Crippen LogP contribution in [-0.4, -0.2) is 0 Å². The smallest absolute Gasteiger partial charge is 0.0348 e. The maximum Gasteiger partial charge on any atom is 0.0348 e. The average molecular weight is 173 g/mol. The second-order valence-corrected chi connectivity index (χ2v) is 2.37. The third-order valence-corrected chi connectivity index (χ3v) is 1.43. The molecular weight excluding hydrogens is 160 g/mol. The predicted octanol–water partition coefficient (Wildman–Crippen LogP) is 1.38. The molecule has 2 nitrogen and oxygen atoms in total. The summed E-state index contributed by atoms with van der Waals surface area (Å²) in [7, 11) is 0. The fourth-order valence-electron chi connectivity index (χ4n) is 0.824. The van der Waals surface area contributed by atoms with Crippen molar-refractivity contribution in [3.8, 4) is 0 Å². The molecule has 3 heteroatoms. The Labute approximate surface area is 73.2 Å². The van der Waals surface area contributed by atoms with Crippen molar-refractivity contribution in [3.05, 3.63) is 35.4 Å². The van der Waals surface area contributed by atoms with Crippen molar-refractivity contribution in [2.45, 2.75) is 13.5 Å². The highest BCUT2D eigenvalue weighted by molar-refractivity contribution is 5.85. The van der Waals surface area contributed by atoms with Crippen LogP contribution in [0.3, 0.4) is 0 Å². The van der Waals surface area contributed by atoms with E-state index in [2.05, 4.69) is 36.6 Å². The van der Waals surface area contributed by atoms with Crippen LogP contribution in [0.1, 0.15) is 11.1 Å². The highest BCUT2D eigenvalue weighted by atomic mass is 35.5. The lowest BCUT2D eigenvalue weighted by Crippen LogP contribution is -2.20. The van der Waals surface area contributed by atoms with Crippen molar-refractivity contribution in [3.63, 3.8) is 0 Å². The SMILES string of the molecule is Cc1ccc(CNN)cc1.Cl. The Morgan fingerprint density at radius 3 is 2.27 bits per heavy atom. The van der Waals surface area contributed by atoms with Crippen LogP contribution in [0.5, 0.6) is 0 Å². The van der Waals surface area contributed by atoms with Crippen LogP contribution in [0.25, 0.3) is 0 Å². The molecule has 0 heterocycles. The first kappa shape index (κ1) is 10.4. The maximum absolute atomic E-state index is 5.15. The third kappa shape index (κ3) is 3.37. The predicted molar refractivity (Wildman–Crippen MR) is 49.5 cm³/mol. The minimum Gasteiger partial charge on any atom is -0.271 e. The number of aryl methyl sites for hydroxylation is 1. The Bertz CT molecular complexity index is 196. The largest absolute Gasteiger partial charge is 0.271 e. The van der Waals surface area contributed by atoms with Crippen LogP contribution < -0.4 is 11.3 Å². The van der Waals surface area contributed by atoms with Gasteiger partial charge in [-0.25, -0.2) is 0 Å². The first-order valence-corrected chi connectivity index (χ1v) is 3.32. The number of nitrogens with two attached hydrogens (primary N) is 1. The van der Waals surface area contributed by atoms with Gasteiger partial charge in [-0.05, 0) is 12.5 Å². The van der Waals surface area contributed by atoms with E-state index in [4.69, 9.17) is 5.84 Å². The van der Waals surface area contributed by atoms with Crippen LogP contribution in [0.4, 0.5) is 0 Å². The molecule has 0 unspecified atom stereocenters. The number of halogens is 1. The van der Waals surface area contributed by atoms with E-state index >= 15 is 0 Å². The lowest BCUT2D eigenvalue weighted by Gasteiger charge is -1.98. The monoisotopic (exact) mass is 172 g/mol. The summed E-state index contributed by atoms with van der Waals surface area (Å²) in [5.41, 5.74) is 5.10. The first-order valence-electron chi connectivity index (χ1n) is 3.32. The molecule has 0 aromatic heterocycles. The van der Waals surface area contributed by atoms with E-state index in [1.807, 2.05) is 0 Å². The van der Waals surface area contributed by atoms with Gasteiger partial charge in [-0.3, -0.25) is 11.3 Å². The summed E-state index contributed by atoms with van der Waals surface area (Å²) in [4.78, 5) is 0. The molecule has 1 rings (SSSR count). The summed E-state index contributed by atoms with van der Waals surface area (Å²) in [6, 6.07) is 8.28. The fourth-order valence-corrected chi connectivity index (χ4v) is 0.824. The zero-order valence-electron chi connectivity index (χ0n) is 6.50. The molecule has 0 atom stereocenters. The molecule has 0 aliphatic carbocycles. The van der Waals surface area contributed by atoms with Crippen LogP contribution in [0, 0.1) is 6.92 Å². The van der Waals surface area contributed by atoms with Crippen molar-refractivity contribution in [1.29, 1.82) is 0 Å². The van der Waals surface area contributed by atoms with Gasteiger partial charge in [0.2, 0.25) is 0 Å². The Morgan fingerprint density at radius 1 is 1.27 bits per heavy atom. The molecule has 11 heavy (non-hydrogen) atoms. The van der Waals surface area contributed by atoms with E-state index in [1.54, 1.807) is 0 Å². The van der Waals surface area contributed by atoms with Gasteiger partial charge >= 0.3 is 0 Å². The normalized spacial score (nSPS) is 8.91. The van der Waals surface area contributed by atoms with Crippen molar-refractivity contribution in [2.75, 3.05) is 0 Å². The number of hydrogen-bond donors (Lipinski definition) is 2. The van der Waals surface area contributed by atoms with Crippen molar-refractivity contribution < 1.29 is 0 Å². The summed E-state index contributed by atoms with van der Waals surface area (Å²) < 4.78 is 0. The van der Waals surface area contributed by atoms with Crippen molar-refractivity contribution in [2.24, 2.45) is 5.84 Å². The van der Waals surface area contributed by atoms with Gasteiger partial charge in [-0.2, -0.15) is 0 Å². The van der Waals surface area contributed by atoms with Gasteiger partial charge in [-0.15, -0.1) is 12.4 Å². The van der Waals surface area contributed by atoms with Crippen LogP contribution >= 0.6 is 12.4 Å². The van der Waals surface area contributed by atoms with Gasteiger partial charge in [0.1, 0.15) is 0 Å². The molecule has 1 aromatic carbocycles. The minimum absolute atomic E-state index is 0. The fraction of sp³-hybridized carbons (Fsp3) is 0.250. The van der Waals surface area contributed by atoms with Gasteiger partial charge in [0.25, 0.3) is 0 Å². The Balaban J connectivity index is 0.000001000. The van der Waals surface area contributed by atoms with E-state index in [0.717, 1.165) is 6.54 Å². The average Bonchev–Trinajstić information content (AvgIpc) is 1.95.